The number of thiocarbonyl (C=S) groups is 1. The van der Waals surface area contributed by atoms with Crippen molar-refractivity contribution in [2.75, 3.05) is 0 Å². The molecule has 3 N–H and O–H groups in total. The van der Waals surface area contributed by atoms with Gasteiger partial charge in [0.05, 0.1) is 10.9 Å². The molecule has 0 aliphatic carbocycles. The van der Waals surface area contributed by atoms with E-state index in [0.717, 1.165) is 0 Å². The molecule has 0 saturated carbocycles. The minimum Gasteiger partial charge on any atom is -0.393 e. The monoisotopic (exact) mass is 202 g/mol. The summed E-state index contributed by atoms with van der Waals surface area (Å²) < 4.78 is 0. The first-order valence-electron chi connectivity index (χ1n) is 4.39. The van der Waals surface area contributed by atoms with Crippen molar-refractivity contribution in [3.63, 3.8) is 0 Å². The van der Waals surface area contributed by atoms with E-state index in [4.69, 9.17) is 18.0 Å². The van der Waals surface area contributed by atoms with Crippen molar-refractivity contribution >= 4 is 23.1 Å². The Kier molecular flexibility index (Phi) is 4.33. The fourth-order valence-corrected chi connectivity index (χ4v) is 1.25. The lowest BCUT2D eigenvalue weighted by molar-refractivity contribution is -0.124. The zero-order valence-electron chi connectivity index (χ0n) is 8.68. The van der Waals surface area contributed by atoms with Crippen molar-refractivity contribution in [2.45, 2.75) is 39.7 Å². The Labute approximate surface area is 85.1 Å². The van der Waals surface area contributed by atoms with Crippen molar-refractivity contribution in [1.82, 2.24) is 5.32 Å². The van der Waals surface area contributed by atoms with Crippen LogP contribution in [0.4, 0.5) is 0 Å². The molecule has 3 nitrogen and oxygen atoms in total. The van der Waals surface area contributed by atoms with Crippen molar-refractivity contribution < 1.29 is 4.79 Å². The number of carbonyl (C=O) groups is 1. The van der Waals surface area contributed by atoms with Gasteiger partial charge in [-0.05, 0) is 27.2 Å². The molecule has 1 atom stereocenters. The highest BCUT2D eigenvalue weighted by atomic mass is 32.1. The second-order valence-electron chi connectivity index (χ2n) is 4.10. The summed E-state index contributed by atoms with van der Waals surface area (Å²) in [6.45, 7) is 7.68. The maximum Gasteiger partial charge on any atom is 0.230 e. The van der Waals surface area contributed by atoms with Gasteiger partial charge in [0.25, 0.3) is 0 Å². The summed E-state index contributed by atoms with van der Waals surface area (Å²) >= 11 is 4.80. The molecule has 0 aromatic heterocycles. The van der Waals surface area contributed by atoms with E-state index >= 15 is 0 Å². The van der Waals surface area contributed by atoms with Crippen molar-refractivity contribution in [2.24, 2.45) is 11.7 Å². The van der Waals surface area contributed by atoms with Crippen LogP contribution in [0, 0.1) is 5.92 Å². The highest BCUT2D eigenvalue weighted by Crippen LogP contribution is 2.07. The van der Waals surface area contributed by atoms with Crippen molar-refractivity contribution in [3.05, 3.63) is 0 Å². The van der Waals surface area contributed by atoms with Crippen LogP contribution in [0.5, 0.6) is 0 Å². The van der Waals surface area contributed by atoms with Gasteiger partial charge in [-0.1, -0.05) is 19.1 Å². The summed E-state index contributed by atoms with van der Waals surface area (Å²) in [6, 6.07) is 0. The molecule has 0 aromatic carbocycles. The molecule has 0 aliphatic heterocycles. The Morgan fingerprint density at radius 1 is 1.54 bits per heavy atom. The summed E-state index contributed by atoms with van der Waals surface area (Å²) in [7, 11) is 0. The number of carbonyl (C=O) groups excluding carboxylic acids is 1. The van der Waals surface area contributed by atoms with Gasteiger partial charge in [0, 0.05) is 5.54 Å². The predicted octanol–water partition coefficient (Wildman–Crippen LogP) is 1.21. The maximum atomic E-state index is 11.6. The second kappa shape index (κ2) is 4.56. The highest BCUT2D eigenvalue weighted by Gasteiger charge is 2.23. The van der Waals surface area contributed by atoms with Crippen LogP contribution in [0.3, 0.4) is 0 Å². The van der Waals surface area contributed by atoms with Crippen LogP contribution >= 0.6 is 12.2 Å². The fourth-order valence-electron chi connectivity index (χ4n) is 0.973. The van der Waals surface area contributed by atoms with Gasteiger partial charge in [0.15, 0.2) is 0 Å². The van der Waals surface area contributed by atoms with Gasteiger partial charge in [-0.15, -0.1) is 0 Å². The number of hydrogen-bond donors (Lipinski definition) is 2. The van der Waals surface area contributed by atoms with E-state index < -0.39 is 0 Å². The molecule has 4 heteroatoms. The van der Waals surface area contributed by atoms with Gasteiger partial charge in [-0.2, -0.15) is 0 Å². The van der Waals surface area contributed by atoms with Gasteiger partial charge in [-0.25, -0.2) is 0 Å². The van der Waals surface area contributed by atoms with Gasteiger partial charge in [0.2, 0.25) is 5.91 Å². The van der Waals surface area contributed by atoms with E-state index in [1.54, 1.807) is 0 Å². The lowest BCUT2D eigenvalue weighted by atomic mass is 10.0. The zero-order valence-corrected chi connectivity index (χ0v) is 9.49. The van der Waals surface area contributed by atoms with Crippen LogP contribution in [0.2, 0.25) is 0 Å². The quantitative estimate of drug-likeness (QED) is 0.676. The first-order valence-corrected chi connectivity index (χ1v) is 4.80. The molecule has 1 amide bonds. The highest BCUT2D eigenvalue weighted by molar-refractivity contribution is 7.80. The third kappa shape index (κ3) is 4.83. The van der Waals surface area contributed by atoms with Crippen LogP contribution in [-0.4, -0.2) is 16.4 Å². The van der Waals surface area contributed by atoms with Crippen LogP contribution in [0.1, 0.15) is 34.1 Å². The Morgan fingerprint density at radius 3 is 2.23 bits per heavy atom. The third-order valence-corrected chi connectivity index (χ3v) is 1.85. The average Bonchev–Trinajstić information content (AvgIpc) is 1.82. The van der Waals surface area contributed by atoms with E-state index in [-0.39, 0.29) is 22.4 Å². The molecular formula is C9H18N2OS. The fraction of sp³-hybridized carbons (Fsp3) is 0.778. The lowest BCUT2D eigenvalue weighted by Crippen LogP contribution is -2.46. The van der Waals surface area contributed by atoms with E-state index in [1.165, 1.54) is 0 Å². The van der Waals surface area contributed by atoms with E-state index in [1.807, 2.05) is 27.7 Å². The standard InChI is InChI=1S/C9H18N2OS/c1-5-6(7(10)13)8(12)11-9(2,3)4/h6H,5H2,1-4H3,(H2,10,13)(H,11,12). The van der Waals surface area contributed by atoms with Gasteiger partial charge in [0.1, 0.15) is 0 Å². The smallest absolute Gasteiger partial charge is 0.230 e. The normalized spacial score (nSPS) is 13.5. The lowest BCUT2D eigenvalue weighted by Gasteiger charge is -2.23. The van der Waals surface area contributed by atoms with Gasteiger partial charge in [-0.3, -0.25) is 4.79 Å². The van der Waals surface area contributed by atoms with Crippen molar-refractivity contribution in [1.29, 1.82) is 0 Å². The predicted molar refractivity (Wildman–Crippen MR) is 58.5 cm³/mol. The van der Waals surface area contributed by atoms with Gasteiger partial charge >= 0.3 is 0 Å². The largest absolute Gasteiger partial charge is 0.393 e. The zero-order chi connectivity index (χ0) is 10.6. The molecule has 0 rings (SSSR count). The number of rotatable bonds is 3. The minimum atomic E-state index is -0.339. The average molecular weight is 202 g/mol. The number of nitrogens with two attached hydrogens (primary N) is 1. The van der Waals surface area contributed by atoms with Crippen molar-refractivity contribution in [3.8, 4) is 0 Å². The molecule has 0 saturated heterocycles. The summed E-state index contributed by atoms with van der Waals surface area (Å²) in [4.78, 5) is 11.8. The Balaban J connectivity index is 4.32. The summed E-state index contributed by atoms with van der Waals surface area (Å²) in [6.07, 6.45) is 0.650. The third-order valence-electron chi connectivity index (χ3n) is 1.57. The summed E-state index contributed by atoms with van der Waals surface area (Å²) in [5, 5.41) is 2.85. The first-order chi connectivity index (χ1) is 5.78. The Hall–Kier alpha value is -0.640. The van der Waals surface area contributed by atoms with Crippen LogP contribution < -0.4 is 11.1 Å². The Bertz CT molecular complexity index is 208. The molecule has 0 aromatic rings. The molecule has 0 aliphatic rings. The first kappa shape index (κ1) is 12.4. The molecule has 0 radical (unpaired) electrons. The molecule has 1 unspecified atom stereocenters. The molecule has 13 heavy (non-hydrogen) atoms. The molecule has 0 heterocycles. The maximum absolute atomic E-state index is 11.6. The number of amides is 1. The SMILES string of the molecule is CCC(C(=O)NC(C)(C)C)C(N)=S. The molecule has 0 fully saturated rings. The topological polar surface area (TPSA) is 55.1 Å². The van der Waals surface area contributed by atoms with Gasteiger partial charge < -0.3 is 11.1 Å². The summed E-state index contributed by atoms with van der Waals surface area (Å²) in [5.74, 6) is -0.420. The van der Waals surface area contributed by atoms with Crippen LogP contribution in [-0.2, 0) is 4.79 Å². The Morgan fingerprint density at radius 2 is 2.00 bits per heavy atom. The van der Waals surface area contributed by atoms with E-state index in [9.17, 15) is 4.79 Å². The second-order valence-corrected chi connectivity index (χ2v) is 4.57. The number of hydrogen-bond acceptors (Lipinski definition) is 2. The molecular weight excluding hydrogens is 184 g/mol. The molecule has 0 spiro atoms. The van der Waals surface area contributed by atoms with Crippen LogP contribution in [0.15, 0.2) is 0 Å². The molecule has 0 bridgehead atoms. The minimum absolute atomic E-state index is 0.0810. The van der Waals surface area contributed by atoms with E-state index in [2.05, 4.69) is 5.32 Å². The summed E-state index contributed by atoms with van der Waals surface area (Å²) in [5.41, 5.74) is 5.21. The number of nitrogens with one attached hydrogen (secondary N) is 1. The van der Waals surface area contributed by atoms with E-state index in [0.29, 0.717) is 6.42 Å². The van der Waals surface area contributed by atoms with Crippen LogP contribution in [0.25, 0.3) is 0 Å². The molecule has 76 valence electrons.